The molecule has 0 bridgehead atoms. The normalized spacial score (nSPS) is 12.2. The summed E-state index contributed by atoms with van der Waals surface area (Å²) in [4.78, 5) is 33.1. The maximum atomic E-state index is 13.7. The number of benzene rings is 3. The highest BCUT2D eigenvalue weighted by molar-refractivity contribution is 6.09. The molecule has 0 radical (unpaired) electrons. The van der Waals surface area contributed by atoms with Gasteiger partial charge in [0.05, 0.1) is 25.9 Å². The molecule has 0 saturated carbocycles. The highest BCUT2D eigenvalue weighted by Crippen LogP contribution is 2.32. The molecule has 39 heavy (non-hydrogen) atoms. The maximum Gasteiger partial charge on any atom is 0.258 e. The molecule has 1 aliphatic heterocycles. The molecule has 2 aromatic heterocycles. The molecule has 1 N–H and O–H groups in total. The van der Waals surface area contributed by atoms with E-state index in [-0.39, 0.29) is 11.8 Å². The second-order valence-electron chi connectivity index (χ2n) is 9.27. The zero-order valence-electron chi connectivity index (χ0n) is 21.4. The van der Waals surface area contributed by atoms with Gasteiger partial charge >= 0.3 is 0 Å². The number of nitrogens with zero attached hydrogens (tertiary/aromatic N) is 3. The van der Waals surface area contributed by atoms with Crippen LogP contribution in [-0.2, 0) is 13.1 Å². The SMILES string of the molecule is COc1ccc2n1Cc1ccccc1N(C(=O)c1ccc(NC(=O)c3ccccc3-c3ccccn3)cc1)C2. The summed E-state index contributed by atoms with van der Waals surface area (Å²) in [5, 5.41) is 2.95. The molecule has 3 aromatic carbocycles. The van der Waals surface area contributed by atoms with Crippen LogP contribution >= 0.6 is 0 Å². The van der Waals surface area contributed by atoms with Crippen LogP contribution in [0.1, 0.15) is 32.0 Å². The van der Waals surface area contributed by atoms with Gasteiger partial charge in [0, 0.05) is 46.0 Å². The summed E-state index contributed by atoms with van der Waals surface area (Å²) in [6.07, 6.45) is 1.70. The molecule has 0 fully saturated rings. The number of hydrogen-bond donors (Lipinski definition) is 1. The summed E-state index contributed by atoms with van der Waals surface area (Å²) in [7, 11) is 1.65. The van der Waals surface area contributed by atoms with Crippen molar-refractivity contribution in [2.45, 2.75) is 13.1 Å². The third kappa shape index (κ3) is 4.66. The number of pyridine rings is 1. The number of fused-ring (bicyclic) bond motifs is 2. The summed E-state index contributed by atoms with van der Waals surface area (Å²) in [6.45, 7) is 1.04. The van der Waals surface area contributed by atoms with Gasteiger partial charge in [0.2, 0.25) is 0 Å². The van der Waals surface area contributed by atoms with Crippen molar-refractivity contribution in [3.05, 3.63) is 132 Å². The minimum Gasteiger partial charge on any atom is -0.482 e. The van der Waals surface area contributed by atoms with Crippen LogP contribution in [0.5, 0.6) is 5.88 Å². The Morgan fingerprint density at radius 2 is 1.59 bits per heavy atom. The number of nitrogens with one attached hydrogen (secondary N) is 1. The lowest BCUT2D eigenvalue weighted by molar-refractivity contribution is 0.0983. The number of hydrogen-bond acceptors (Lipinski definition) is 4. The number of aromatic nitrogens is 2. The Labute approximate surface area is 226 Å². The Balaban J connectivity index is 1.24. The molecule has 192 valence electrons. The number of carbonyl (C=O) groups is 2. The van der Waals surface area contributed by atoms with Gasteiger partial charge in [-0.05, 0) is 60.2 Å². The topological polar surface area (TPSA) is 76.5 Å². The first kappa shape index (κ1) is 24.2. The number of rotatable bonds is 5. The predicted molar refractivity (Wildman–Crippen MR) is 151 cm³/mol. The van der Waals surface area contributed by atoms with E-state index in [4.69, 9.17) is 4.74 Å². The van der Waals surface area contributed by atoms with Crippen molar-refractivity contribution >= 4 is 23.2 Å². The van der Waals surface area contributed by atoms with Gasteiger partial charge in [-0.15, -0.1) is 0 Å². The van der Waals surface area contributed by atoms with Crippen LogP contribution in [-0.4, -0.2) is 28.5 Å². The first-order valence-electron chi connectivity index (χ1n) is 12.7. The molecule has 0 aliphatic carbocycles. The molecule has 6 rings (SSSR count). The number of carbonyl (C=O) groups excluding carboxylic acids is 2. The van der Waals surface area contributed by atoms with Crippen molar-refractivity contribution in [2.24, 2.45) is 0 Å². The van der Waals surface area contributed by atoms with Gasteiger partial charge in [0.25, 0.3) is 11.8 Å². The van der Waals surface area contributed by atoms with Crippen molar-refractivity contribution in [1.29, 1.82) is 0 Å². The highest BCUT2D eigenvalue weighted by Gasteiger charge is 2.26. The van der Waals surface area contributed by atoms with Crippen molar-refractivity contribution in [3.8, 4) is 17.1 Å². The van der Waals surface area contributed by atoms with E-state index in [1.165, 1.54) is 0 Å². The zero-order valence-corrected chi connectivity index (χ0v) is 21.4. The van der Waals surface area contributed by atoms with E-state index in [2.05, 4.69) is 14.9 Å². The van der Waals surface area contributed by atoms with E-state index >= 15 is 0 Å². The van der Waals surface area contributed by atoms with Crippen molar-refractivity contribution in [1.82, 2.24) is 9.55 Å². The Hall–Kier alpha value is -5.17. The summed E-state index contributed by atoms with van der Waals surface area (Å²) in [5.74, 6) is 0.403. The average Bonchev–Trinajstić information content (AvgIpc) is 3.29. The minimum absolute atomic E-state index is 0.116. The maximum absolute atomic E-state index is 13.7. The lowest BCUT2D eigenvalue weighted by Gasteiger charge is -2.23. The second-order valence-corrected chi connectivity index (χ2v) is 9.27. The van der Waals surface area contributed by atoms with Gasteiger partial charge in [-0.1, -0.05) is 42.5 Å². The van der Waals surface area contributed by atoms with Crippen molar-refractivity contribution in [3.63, 3.8) is 0 Å². The number of anilines is 2. The summed E-state index contributed by atoms with van der Waals surface area (Å²) in [6, 6.07) is 31.8. The molecule has 0 spiro atoms. The third-order valence-corrected chi connectivity index (χ3v) is 6.92. The molecular weight excluding hydrogens is 488 g/mol. The molecule has 1 aliphatic rings. The van der Waals surface area contributed by atoms with E-state index in [0.717, 1.165) is 34.1 Å². The van der Waals surface area contributed by atoms with Crippen LogP contribution < -0.4 is 15.0 Å². The van der Waals surface area contributed by atoms with Gasteiger partial charge in [0.15, 0.2) is 5.88 Å². The lowest BCUT2D eigenvalue weighted by Crippen LogP contribution is -2.30. The monoisotopic (exact) mass is 514 g/mol. The van der Waals surface area contributed by atoms with Gasteiger partial charge in [0.1, 0.15) is 0 Å². The molecule has 0 atom stereocenters. The van der Waals surface area contributed by atoms with Crippen LogP contribution in [0.3, 0.4) is 0 Å². The molecular formula is C32H26N4O3. The Morgan fingerprint density at radius 1 is 0.821 bits per heavy atom. The Morgan fingerprint density at radius 3 is 2.38 bits per heavy atom. The molecule has 7 heteroatoms. The predicted octanol–water partition coefficient (Wildman–Crippen LogP) is 6.02. The first-order valence-corrected chi connectivity index (χ1v) is 12.7. The highest BCUT2D eigenvalue weighted by atomic mass is 16.5. The summed E-state index contributed by atoms with van der Waals surface area (Å²) >= 11 is 0. The molecule has 7 nitrogen and oxygen atoms in total. The molecule has 5 aromatic rings. The second kappa shape index (κ2) is 10.3. The standard InChI is InChI=1S/C32H26N4O3/c1-39-30-18-17-25-21-36(29-12-5-2-8-23(29)20-35(25)30)32(38)22-13-15-24(16-14-22)34-31(37)27-10-4-3-9-26(27)28-11-6-7-19-33-28/h2-19H,20-21H2,1H3,(H,34,37). The number of methoxy groups -OCH3 is 1. The third-order valence-electron chi connectivity index (χ3n) is 6.92. The molecule has 0 unspecified atom stereocenters. The van der Waals surface area contributed by atoms with E-state index in [1.807, 2.05) is 72.8 Å². The molecule has 0 saturated heterocycles. The molecule has 3 heterocycles. The van der Waals surface area contributed by atoms with E-state index < -0.39 is 0 Å². The van der Waals surface area contributed by atoms with E-state index in [9.17, 15) is 9.59 Å². The van der Waals surface area contributed by atoms with Gasteiger partial charge in [-0.25, -0.2) is 0 Å². The van der Waals surface area contributed by atoms with Crippen LogP contribution in [0.25, 0.3) is 11.3 Å². The average molecular weight is 515 g/mol. The van der Waals surface area contributed by atoms with E-state index in [0.29, 0.717) is 29.9 Å². The number of amides is 2. The quantitative estimate of drug-likeness (QED) is 0.311. The summed E-state index contributed by atoms with van der Waals surface area (Å²) in [5.41, 5.74) is 6.04. The van der Waals surface area contributed by atoms with Crippen molar-refractivity contribution < 1.29 is 14.3 Å². The van der Waals surface area contributed by atoms with Crippen LogP contribution in [0.2, 0.25) is 0 Å². The largest absolute Gasteiger partial charge is 0.482 e. The number of ether oxygens (including phenoxy) is 1. The minimum atomic E-state index is -0.244. The first-order chi connectivity index (χ1) is 19.1. The van der Waals surface area contributed by atoms with Crippen LogP contribution in [0.15, 0.2) is 109 Å². The van der Waals surface area contributed by atoms with Gasteiger partial charge in [-0.2, -0.15) is 0 Å². The van der Waals surface area contributed by atoms with Crippen LogP contribution in [0.4, 0.5) is 11.4 Å². The Bertz CT molecular complexity index is 1660. The van der Waals surface area contributed by atoms with Gasteiger partial charge in [-0.3, -0.25) is 14.6 Å². The van der Waals surface area contributed by atoms with Gasteiger partial charge < -0.3 is 19.5 Å². The lowest BCUT2D eigenvalue weighted by atomic mass is 10.0. The zero-order chi connectivity index (χ0) is 26.8. The smallest absolute Gasteiger partial charge is 0.258 e. The fraction of sp³-hybridized carbons (Fsp3) is 0.0938. The van der Waals surface area contributed by atoms with Crippen LogP contribution in [0, 0.1) is 0 Å². The molecule has 2 amide bonds. The fourth-order valence-electron chi connectivity index (χ4n) is 4.97. The van der Waals surface area contributed by atoms with Crippen molar-refractivity contribution in [2.75, 3.05) is 17.3 Å². The fourth-order valence-corrected chi connectivity index (χ4v) is 4.97. The summed E-state index contributed by atoms with van der Waals surface area (Å²) < 4.78 is 7.63. The Kier molecular flexibility index (Phi) is 6.39. The van der Waals surface area contributed by atoms with E-state index in [1.54, 1.807) is 48.5 Å². The number of para-hydroxylation sites is 1.